The molecule has 0 aliphatic rings. The third-order valence-electron chi connectivity index (χ3n) is 1.22. The smallest absolute Gasteiger partial charge is 0.142 e. The molecule has 0 radical (unpaired) electrons. The number of ether oxygens (including phenoxy) is 1. The fraction of sp³-hybridized carbons (Fsp3) is 0. The van der Waals surface area contributed by atoms with Gasteiger partial charge < -0.3 is 15.6 Å². The Morgan fingerprint density at radius 2 is 2.27 bits per heavy atom. The predicted octanol–water partition coefficient (Wildman–Crippen LogP) is 1.50. The van der Waals surface area contributed by atoms with Crippen LogP contribution in [-0.4, -0.2) is 5.11 Å². The Balaban J connectivity index is 2.95. The third-order valence-corrected chi connectivity index (χ3v) is 1.22. The highest BCUT2D eigenvalue weighted by Crippen LogP contribution is 2.24. The highest BCUT2D eigenvalue weighted by molar-refractivity contribution is 5.54. The fourth-order valence-electron chi connectivity index (χ4n) is 0.693. The van der Waals surface area contributed by atoms with Gasteiger partial charge in [-0.15, -0.1) is 0 Å². The molecule has 0 unspecified atom stereocenters. The van der Waals surface area contributed by atoms with Gasteiger partial charge in [-0.25, -0.2) is 0 Å². The van der Waals surface area contributed by atoms with Crippen molar-refractivity contribution in [2.45, 2.75) is 0 Å². The van der Waals surface area contributed by atoms with E-state index in [1.54, 1.807) is 12.1 Å². The maximum absolute atomic E-state index is 9.09. The minimum atomic E-state index is 0.0179. The zero-order valence-electron chi connectivity index (χ0n) is 5.95. The molecule has 0 saturated heterocycles. The Morgan fingerprint density at radius 3 is 2.82 bits per heavy atom. The van der Waals surface area contributed by atoms with Crippen LogP contribution in [0, 0.1) is 0 Å². The summed E-state index contributed by atoms with van der Waals surface area (Å²) in [5, 5.41) is 9.09. The van der Waals surface area contributed by atoms with Crippen molar-refractivity contribution in [1.29, 1.82) is 0 Å². The zero-order valence-corrected chi connectivity index (χ0v) is 5.95. The third kappa shape index (κ3) is 1.64. The van der Waals surface area contributed by atoms with Gasteiger partial charge in [-0.2, -0.15) is 0 Å². The molecule has 0 saturated carbocycles. The Kier molecular flexibility index (Phi) is 2.01. The van der Waals surface area contributed by atoms with Crippen LogP contribution in [0.4, 0.5) is 5.69 Å². The van der Waals surface area contributed by atoms with E-state index >= 15 is 0 Å². The van der Waals surface area contributed by atoms with Crippen LogP contribution in [0.3, 0.4) is 0 Å². The molecule has 0 bridgehead atoms. The van der Waals surface area contributed by atoms with Gasteiger partial charge >= 0.3 is 0 Å². The normalized spacial score (nSPS) is 9.09. The average Bonchev–Trinajstić information content (AvgIpc) is 1.98. The van der Waals surface area contributed by atoms with Crippen LogP contribution < -0.4 is 10.5 Å². The van der Waals surface area contributed by atoms with E-state index in [1.165, 1.54) is 12.3 Å². The first kappa shape index (κ1) is 7.47. The highest BCUT2D eigenvalue weighted by atomic mass is 16.5. The van der Waals surface area contributed by atoms with E-state index < -0.39 is 0 Å². The number of phenolic OH excluding ortho intramolecular Hbond substituents is 1. The summed E-state index contributed by atoms with van der Waals surface area (Å²) < 4.78 is 4.89. The second kappa shape index (κ2) is 2.96. The molecule has 0 aliphatic heterocycles. The van der Waals surface area contributed by atoms with Gasteiger partial charge in [0.1, 0.15) is 11.5 Å². The highest BCUT2D eigenvalue weighted by Gasteiger charge is 1.97. The van der Waals surface area contributed by atoms with Gasteiger partial charge in [0.15, 0.2) is 0 Å². The summed E-state index contributed by atoms with van der Waals surface area (Å²) in [4.78, 5) is 0. The molecule has 0 amide bonds. The first-order chi connectivity index (χ1) is 5.24. The van der Waals surface area contributed by atoms with Crippen LogP contribution in [0.1, 0.15) is 0 Å². The minimum absolute atomic E-state index is 0.0179. The van der Waals surface area contributed by atoms with E-state index in [2.05, 4.69) is 6.58 Å². The van der Waals surface area contributed by atoms with E-state index in [0.29, 0.717) is 11.4 Å². The van der Waals surface area contributed by atoms with Gasteiger partial charge in [-0.1, -0.05) is 6.58 Å². The van der Waals surface area contributed by atoms with Gasteiger partial charge in [-0.05, 0) is 12.1 Å². The molecule has 0 heterocycles. The van der Waals surface area contributed by atoms with Crippen LogP contribution in [0.25, 0.3) is 0 Å². The maximum Gasteiger partial charge on any atom is 0.142 e. The number of anilines is 1. The summed E-state index contributed by atoms with van der Waals surface area (Å²) in [6, 6.07) is 4.64. The number of phenols is 1. The lowest BCUT2D eigenvalue weighted by Crippen LogP contribution is -1.86. The molecule has 3 heteroatoms. The summed E-state index contributed by atoms with van der Waals surface area (Å²) in [5.74, 6) is 0.538. The van der Waals surface area contributed by atoms with Crippen molar-refractivity contribution < 1.29 is 9.84 Å². The second-order valence-electron chi connectivity index (χ2n) is 2.01. The number of nitrogen functional groups attached to an aromatic ring is 1. The molecule has 1 rings (SSSR count). The molecule has 1 aromatic rings. The number of hydrogen-bond acceptors (Lipinski definition) is 3. The predicted molar refractivity (Wildman–Crippen MR) is 43.3 cm³/mol. The Bertz CT molecular complexity index is 271. The number of aromatic hydroxyl groups is 1. The molecule has 0 aromatic heterocycles. The molecule has 0 aliphatic carbocycles. The van der Waals surface area contributed by atoms with Crippen molar-refractivity contribution in [3.63, 3.8) is 0 Å². The topological polar surface area (TPSA) is 55.5 Å². The van der Waals surface area contributed by atoms with Crippen LogP contribution in [-0.2, 0) is 0 Å². The van der Waals surface area contributed by atoms with Crippen molar-refractivity contribution in [1.82, 2.24) is 0 Å². The molecule has 11 heavy (non-hydrogen) atoms. The van der Waals surface area contributed by atoms with Crippen molar-refractivity contribution in [2.24, 2.45) is 0 Å². The standard InChI is InChI=1S/C8H9NO2/c1-2-11-6-3-4-7(9)8(10)5-6/h2-5,10H,1,9H2. The maximum atomic E-state index is 9.09. The number of hydrogen-bond donors (Lipinski definition) is 2. The van der Waals surface area contributed by atoms with Crippen molar-refractivity contribution in [3.05, 3.63) is 31.0 Å². The molecule has 1 aromatic carbocycles. The van der Waals surface area contributed by atoms with E-state index in [4.69, 9.17) is 15.6 Å². The molecule has 0 fully saturated rings. The summed E-state index contributed by atoms with van der Waals surface area (Å²) in [7, 11) is 0. The average molecular weight is 151 g/mol. The molecule has 0 atom stereocenters. The molecule has 3 nitrogen and oxygen atoms in total. The molecular formula is C8H9NO2. The number of nitrogens with two attached hydrogens (primary N) is 1. The van der Waals surface area contributed by atoms with Gasteiger partial charge in [0.2, 0.25) is 0 Å². The van der Waals surface area contributed by atoms with E-state index in [1.807, 2.05) is 0 Å². The van der Waals surface area contributed by atoms with Gasteiger partial charge in [0, 0.05) is 6.07 Å². The van der Waals surface area contributed by atoms with Gasteiger partial charge in [0.25, 0.3) is 0 Å². The quantitative estimate of drug-likeness (QED) is 0.382. The van der Waals surface area contributed by atoms with Crippen LogP contribution in [0.2, 0.25) is 0 Å². The number of benzene rings is 1. The Labute approximate surface area is 64.7 Å². The van der Waals surface area contributed by atoms with Gasteiger partial charge in [-0.3, -0.25) is 0 Å². The minimum Gasteiger partial charge on any atom is -0.506 e. The summed E-state index contributed by atoms with van der Waals surface area (Å²) >= 11 is 0. The van der Waals surface area contributed by atoms with Gasteiger partial charge in [0.05, 0.1) is 11.9 Å². The van der Waals surface area contributed by atoms with Crippen molar-refractivity contribution in [3.8, 4) is 11.5 Å². The van der Waals surface area contributed by atoms with E-state index in [-0.39, 0.29) is 5.75 Å². The number of rotatable bonds is 2. The molecule has 58 valence electrons. The lowest BCUT2D eigenvalue weighted by atomic mass is 10.3. The Morgan fingerprint density at radius 1 is 1.55 bits per heavy atom. The van der Waals surface area contributed by atoms with Crippen LogP contribution in [0.5, 0.6) is 11.5 Å². The molecular weight excluding hydrogens is 142 g/mol. The van der Waals surface area contributed by atoms with E-state index in [0.717, 1.165) is 0 Å². The monoisotopic (exact) mass is 151 g/mol. The Hall–Kier alpha value is -1.64. The van der Waals surface area contributed by atoms with Crippen LogP contribution >= 0.6 is 0 Å². The zero-order chi connectivity index (χ0) is 8.27. The summed E-state index contributed by atoms with van der Waals surface area (Å²) in [5.41, 5.74) is 5.69. The lowest BCUT2D eigenvalue weighted by molar-refractivity contribution is 0.457. The SMILES string of the molecule is C=COc1ccc(N)c(O)c1. The van der Waals surface area contributed by atoms with Crippen molar-refractivity contribution >= 4 is 5.69 Å². The largest absolute Gasteiger partial charge is 0.506 e. The van der Waals surface area contributed by atoms with E-state index in [9.17, 15) is 0 Å². The fourth-order valence-corrected chi connectivity index (χ4v) is 0.693. The molecule has 0 spiro atoms. The summed E-state index contributed by atoms with van der Waals surface area (Å²) in [6.07, 6.45) is 1.28. The first-order valence-electron chi connectivity index (χ1n) is 3.10. The molecule has 3 N–H and O–H groups in total. The lowest BCUT2D eigenvalue weighted by Gasteiger charge is -2.01. The van der Waals surface area contributed by atoms with Crippen molar-refractivity contribution in [2.75, 3.05) is 5.73 Å². The van der Waals surface area contributed by atoms with Crippen LogP contribution in [0.15, 0.2) is 31.0 Å². The first-order valence-corrected chi connectivity index (χ1v) is 3.10. The summed E-state index contributed by atoms with van der Waals surface area (Å²) in [6.45, 7) is 3.37. The second-order valence-corrected chi connectivity index (χ2v) is 2.01.